The first-order valence-electron chi connectivity index (χ1n) is 5.94. The Balaban J connectivity index is 2.04. The van der Waals surface area contributed by atoms with E-state index in [1.807, 2.05) is 0 Å². The molecule has 0 atom stereocenters. The van der Waals surface area contributed by atoms with Gasteiger partial charge in [0.15, 0.2) is 5.82 Å². The zero-order valence-corrected chi connectivity index (χ0v) is 11.4. The van der Waals surface area contributed by atoms with Gasteiger partial charge in [-0.1, -0.05) is 12.8 Å². The molecule has 0 unspecified atom stereocenters. The number of nitrogens with zero attached hydrogens (tertiary/aromatic N) is 5. The van der Waals surface area contributed by atoms with Crippen LogP contribution in [0.15, 0.2) is 0 Å². The van der Waals surface area contributed by atoms with E-state index in [0.29, 0.717) is 11.9 Å². The van der Waals surface area contributed by atoms with Crippen molar-refractivity contribution in [2.45, 2.75) is 38.3 Å². The monoisotopic (exact) mass is 274 g/mol. The molecule has 0 aromatic carbocycles. The molecule has 18 heavy (non-hydrogen) atoms. The SMILES string of the molecule is CN(C)S(=O)(=O)NCc1nnnn1C1CCCC1. The van der Waals surface area contributed by atoms with Crippen molar-refractivity contribution in [3.8, 4) is 0 Å². The zero-order valence-electron chi connectivity index (χ0n) is 10.6. The molecule has 1 fully saturated rings. The molecular weight excluding hydrogens is 256 g/mol. The Morgan fingerprint density at radius 3 is 2.67 bits per heavy atom. The second-order valence-electron chi connectivity index (χ2n) is 4.59. The van der Waals surface area contributed by atoms with E-state index in [0.717, 1.165) is 17.1 Å². The van der Waals surface area contributed by atoms with Gasteiger partial charge < -0.3 is 0 Å². The molecule has 1 aromatic heterocycles. The summed E-state index contributed by atoms with van der Waals surface area (Å²) < 4.78 is 28.5. The van der Waals surface area contributed by atoms with Gasteiger partial charge in [0, 0.05) is 14.1 Å². The van der Waals surface area contributed by atoms with E-state index in [2.05, 4.69) is 20.2 Å². The summed E-state index contributed by atoms with van der Waals surface area (Å²) in [7, 11) is -0.491. The van der Waals surface area contributed by atoms with Crippen LogP contribution in [0, 0.1) is 0 Å². The molecule has 1 saturated carbocycles. The Labute approximate surface area is 107 Å². The van der Waals surface area contributed by atoms with Crippen LogP contribution < -0.4 is 4.72 Å². The van der Waals surface area contributed by atoms with Crippen LogP contribution in [0.5, 0.6) is 0 Å². The van der Waals surface area contributed by atoms with Crippen molar-refractivity contribution in [1.29, 1.82) is 0 Å². The van der Waals surface area contributed by atoms with E-state index in [-0.39, 0.29) is 6.54 Å². The Kier molecular flexibility index (Phi) is 3.93. The van der Waals surface area contributed by atoms with Crippen LogP contribution in [0.1, 0.15) is 37.5 Å². The third kappa shape index (κ3) is 2.85. The highest BCUT2D eigenvalue weighted by molar-refractivity contribution is 7.87. The van der Waals surface area contributed by atoms with Gasteiger partial charge in [0.2, 0.25) is 0 Å². The predicted molar refractivity (Wildman–Crippen MR) is 64.8 cm³/mol. The van der Waals surface area contributed by atoms with Gasteiger partial charge in [0.05, 0.1) is 12.6 Å². The van der Waals surface area contributed by atoms with Crippen molar-refractivity contribution in [3.63, 3.8) is 0 Å². The lowest BCUT2D eigenvalue weighted by molar-refractivity contribution is 0.433. The van der Waals surface area contributed by atoms with Crippen molar-refractivity contribution in [3.05, 3.63) is 5.82 Å². The van der Waals surface area contributed by atoms with Gasteiger partial charge in [-0.25, -0.2) is 4.68 Å². The maximum absolute atomic E-state index is 11.6. The molecule has 1 heterocycles. The first kappa shape index (κ1) is 13.4. The lowest BCUT2D eigenvalue weighted by Gasteiger charge is -2.14. The van der Waals surface area contributed by atoms with Crippen LogP contribution in [0.2, 0.25) is 0 Å². The van der Waals surface area contributed by atoms with Crippen molar-refractivity contribution >= 4 is 10.2 Å². The van der Waals surface area contributed by atoms with Crippen LogP contribution in [0.3, 0.4) is 0 Å². The second-order valence-corrected chi connectivity index (χ2v) is 6.56. The van der Waals surface area contributed by atoms with Gasteiger partial charge in [-0.3, -0.25) is 0 Å². The molecular formula is C9H18N6O2S. The summed E-state index contributed by atoms with van der Waals surface area (Å²) in [6.45, 7) is 0.115. The number of rotatable bonds is 5. The quantitative estimate of drug-likeness (QED) is 0.794. The van der Waals surface area contributed by atoms with E-state index in [4.69, 9.17) is 0 Å². The molecule has 1 aromatic rings. The topological polar surface area (TPSA) is 93.0 Å². The molecule has 0 saturated heterocycles. The van der Waals surface area contributed by atoms with E-state index in [1.54, 1.807) is 4.68 Å². The molecule has 0 bridgehead atoms. The molecule has 8 nitrogen and oxygen atoms in total. The molecule has 9 heteroatoms. The molecule has 0 aliphatic heterocycles. The Bertz CT molecular complexity index is 491. The number of nitrogens with one attached hydrogen (secondary N) is 1. The molecule has 0 spiro atoms. The van der Waals surface area contributed by atoms with E-state index >= 15 is 0 Å². The van der Waals surface area contributed by atoms with Gasteiger partial charge >= 0.3 is 0 Å². The summed E-state index contributed by atoms with van der Waals surface area (Å²) in [6.07, 6.45) is 4.46. The zero-order chi connectivity index (χ0) is 13.2. The van der Waals surface area contributed by atoms with E-state index in [1.165, 1.54) is 26.9 Å². The van der Waals surface area contributed by atoms with Crippen LogP contribution in [0.4, 0.5) is 0 Å². The van der Waals surface area contributed by atoms with Crippen LogP contribution >= 0.6 is 0 Å². The molecule has 1 N–H and O–H groups in total. The first-order valence-corrected chi connectivity index (χ1v) is 7.38. The van der Waals surface area contributed by atoms with Gasteiger partial charge in [0.1, 0.15) is 0 Å². The summed E-state index contributed by atoms with van der Waals surface area (Å²) in [6, 6.07) is 0.305. The average molecular weight is 274 g/mol. The number of tetrazole rings is 1. The van der Waals surface area contributed by atoms with Gasteiger partial charge in [-0.15, -0.1) is 5.10 Å². The number of hydrogen-bond acceptors (Lipinski definition) is 5. The fourth-order valence-corrected chi connectivity index (χ4v) is 2.62. The third-order valence-corrected chi connectivity index (χ3v) is 4.60. The molecule has 1 aliphatic rings. The van der Waals surface area contributed by atoms with Crippen molar-refractivity contribution in [1.82, 2.24) is 29.2 Å². The molecule has 102 valence electrons. The summed E-state index contributed by atoms with van der Waals surface area (Å²) in [5, 5.41) is 11.5. The van der Waals surface area contributed by atoms with Gasteiger partial charge in [0.25, 0.3) is 10.2 Å². The minimum absolute atomic E-state index is 0.115. The summed E-state index contributed by atoms with van der Waals surface area (Å²) in [5.74, 6) is 0.562. The van der Waals surface area contributed by atoms with Gasteiger partial charge in [-0.2, -0.15) is 17.4 Å². The van der Waals surface area contributed by atoms with Crippen molar-refractivity contribution in [2.75, 3.05) is 14.1 Å². The number of hydrogen-bond donors (Lipinski definition) is 1. The van der Waals surface area contributed by atoms with Crippen molar-refractivity contribution < 1.29 is 8.42 Å². The highest BCUT2D eigenvalue weighted by Crippen LogP contribution is 2.28. The smallest absolute Gasteiger partial charge is 0.225 e. The Hall–Kier alpha value is -1.06. The Morgan fingerprint density at radius 1 is 1.39 bits per heavy atom. The normalized spacial score (nSPS) is 17.7. The summed E-state index contributed by atoms with van der Waals surface area (Å²) >= 11 is 0. The van der Waals surface area contributed by atoms with Crippen LogP contribution in [-0.2, 0) is 16.8 Å². The minimum atomic E-state index is -3.44. The molecule has 0 amide bonds. The maximum atomic E-state index is 11.6. The van der Waals surface area contributed by atoms with Crippen LogP contribution in [-0.4, -0.2) is 47.0 Å². The lowest BCUT2D eigenvalue weighted by Crippen LogP contribution is -2.36. The molecule has 0 radical (unpaired) electrons. The average Bonchev–Trinajstić information content (AvgIpc) is 2.96. The fraction of sp³-hybridized carbons (Fsp3) is 0.889. The fourth-order valence-electron chi connectivity index (χ4n) is 2.05. The molecule has 2 rings (SSSR count). The van der Waals surface area contributed by atoms with E-state index < -0.39 is 10.2 Å². The highest BCUT2D eigenvalue weighted by atomic mass is 32.2. The summed E-state index contributed by atoms with van der Waals surface area (Å²) in [5.41, 5.74) is 0. The first-order chi connectivity index (χ1) is 8.50. The number of aromatic nitrogens is 4. The lowest BCUT2D eigenvalue weighted by atomic mass is 10.2. The predicted octanol–water partition coefficient (Wildman–Crippen LogP) is -0.316. The second kappa shape index (κ2) is 5.29. The minimum Gasteiger partial charge on any atom is -0.225 e. The van der Waals surface area contributed by atoms with Crippen LogP contribution in [0.25, 0.3) is 0 Å². The standard InChI is InChI=1S/C9H18N6O2S/c1-14(2)18(16,17)10-7-9-11-12-13-15(9)8-5-3-4-6-8/h8,10H,3-7H2,1-2H3. The van der Waals surface area contributed by atoms with Crippen molar-refractivity contribution in [2.24, 2.45) is 0 Å². The molecule has 1 aliphatic carbocycles. The maximum Gasteiger partial charge on any atom is 0.279 e. The third-order valence-electron chi connectivity index (χ3n) is 3.12. The largest absolute Gasteiger partial charge is 0.279 e. The highest BCUT2D eigenvalue weighted by Gasteiger charge is 2.22. The Morgan fingerprint density at radius 2 is 2.06 bits per heavy atom. The summed E-state index contributed by atoms with van der Waals surface area (Å²) in [4.78, 5) is 0. The van der Waals surface area contributed by atoms with E-state index in [9.17, 15) is 8.42 Å². The van der Waals surface area contributed by atoms with Gasteiger partial charge in [-0.05, 0) is 23.3 Å².